The number of halogens is 3. The number of rotatable bonds is 6. The highest BCUT2D eigenvalue weighted by atomic mass is 79.9. The van der Waals surface area contributed by atoms with Crippen molar-refractivity contribution < 1.29 is 13.5 Å². The van der Waals surface area contributed by atoms with Crippen molar-refractivity contribution in [2.24, 2.45) is 0 Å². The third-order valence-corrected chi connectivity index (χ3v) is 4.41. The second kappa shape index (κ2) is 7.15. The van der Waals surface area contributed by atoms with E-state index in [1.165, 1.54) is 4.88 Å². The topological polar surface area (TPSA) is 21.3 Å². The molecule has 1 aromatic heterocycles. The van der Waals surface area contributed by atoms with Crippen molar-refractivity contribution in [2.45, 2.75) is 19.6 Å². The number of hydrogen-bond acceptors (Lipinski definition) is 3. The van der Waals surface area contributed by atoms with Gasteiger partial charge in [-0.2, -0.15) is 8.78 Å². The van der Waals surface area contributed by atoms with Crippen LogP contribution in [0.3, 0.4) is 0 Å². The molecule has 0 aliphatic rings. The van der Waals surface area contributed by atoms with E-state index in [0.29, 0.717) is 0 Å². The lowest BCUT2D eigenvalue weighted by Crippen LogP contribution is -2.21. The number of alkyl halides is 2. The van der Waals surface area contributed by atoms with E-state index >= 15 is 0 Å². The van der Waals surface area contributed by atoms with Gasteiger partial charge >= 0.3 is 6.61 Å². The largest absolute Gasteiger partial charge is 0.435 e. The summed E-state index contributed by atoms with van der Waals surface area (Å²) >= 11 is 5.10. The molecule has 1 aromatic carbocycles. The molecule has 2 nitrogen and oxygen atoms in total. The molecule has 1 unspecified atom stereocenters. The van der Waals surface area contributed by atoms with Gasteiger partial charge in [0.05, 0.1) is 9.83 Å². The van der Waals surface area contributed by atoms with Gasteiger partial charge in [-0.1, -0.05) is 19.1 Å². The summed E-state index contributed by atoms with van der Waals surface area (Å²) in [5.41, 5.74) is 1.02. The number of hydrogen-bond donors (Lipinski definition) is 1. The molecule has 0 spiro atoms. The maximum Gasteiger partial charge on any atom is 0.387 e. The summed E-state index contributed by atoms with van der Waals surface area (Å²) in [6.07, 6.45) is 0. The van der Waals surface area contributed by atoms with Gasteiger partial charge in [0.25, 0.3) is 0 Å². The van der Waals surface area contributed by atoms with Crippen LogP contribution in [0.25, 0.3) is 0 Å². The van der Waals surface area contributed by atoms with E-state index < -0.39 is 6.61 Å². The predicted octanol–water partition coefficient (Wildman–Crippen LogP) is 4.81. The van der Waals surface area contributed by atoms with Gasteiger partial charge in [0.15, 0.2) is 0 Å². The molecule has 0 fully saturated rings. The average molecular weight is 362 g/mol. The molecule has 0 saturated heterocycles. The van der Waals surface area contributed by atoms with Gasteiger partial charge in [0.1, 0.15) is 5.75 Å². The van der Waals surface area contributed by atoms with Crippen molar-refractivity contribution in [2.75, 3.05) is 6.54 Å². The third-order valence-electron chi connectivity index (χ3n) is 2.73. The number of nitrogens with one attached hydrogen (secondary N) is 1. The maximum atomic E-state index is 12.1. The van der Waals surface area contributed by atoms with Crippen molar-refractivity contribution in [1.82, 2.24) is 5.32 Å². The Labute approximate surface area is 128 Å². The number of benzene rings is 1. The highest BCUT2D eigenvalue weighted by Crippen LogP contribution is 2.32. The first-order valence-electron chi connectivity index (χ1n) is 6.13. The smallest absolute Gasteiger partial charge is 0.387 e. The Balaban J connectivity index is 2.21. The Morgan fingerprint density at radius 1 is 1.20 bits per heavy atom. The van der Waals surface area contributed by atoms with E-state index in [0.717, 1.165) is 15.9 Å². The van der Waals surface area contributed by atoms with Gasteiger partial charge in [-0.15, -0.1) is 11.3 Å². The predicted molar refractivity (Wildman–Crippen MR) is 80.6 cm³/mol. The van der Waals surface area contributed by atoms with Gasteiger partial charge < -0.3 is 10.1 Å². The Bertz CT molecular complexity index is 544. The van der Waals surface area contributed by atoms with E-state index in [9.17, 15) is 8.78 Å². The zero-order valence-corrected chi connectivity index (χ0v) is 13.2. The zero-order chi connectivity index (χ0) is 14.5. The van der Waals surface area contributed by atoms with Gasteiger partial charge in [-0.25, -0.2) is 0 Å². The Hall–Kier alpha value is -0.980. The molecule has 1 heterocycles. The number of thiophene rings is 1. The van der Waals surface area contributed by atoms with Crippen molar-refractivity contribution in [3.05, 3.63) is 50.6 Å². The Morgan fingerprint density at radius 3 is 2.40 bits per heavy atom. The monoisotopic (exact) mass is 361 g/mol. The highest BCUT2D eigenvalue weighted by Gasteiger charge is 2.15. The molecule has 0 saturated carbocycles. The molecule has 20 heavy (non-hydrogen) atoms. The molecule has 0 aliphatic heterocycles. The van der Waals surface area contributed by atoms with Crippen LogP contribution >= 0.6 is 27.3 Å². The summed E-state index contributed by atoms with van der Waals surface area (Å²) in [6, 6.07) is 10.8. The molecule has 0 bridgehead atoms. The van der Waals surface area contributed by atoms with E-state index in [1.807, 2.05) is 19.1 Å². The summed E-state index contributed by atoms with van der Waals surface area (Å²) in [6.45, 7) is 0.0537. The van der Waals surface area contributed by atoms with Gasteiger partial charge in [-0.05, 0) is 52.3 Å². The van der Waals surface area contributed by atoms with Crippen LogP contribution in [0.4, 0.5) is 8.78 Å². The zero-order valence-electron chi connectivity index (χ0n) is 10.8. The average Bonchev–Trinajstić information content (AvgIpc) is 2.83. The van der Waals surface area contributed by atoms with E-state index in [2.05, 4.69) is 26.0 Å². The first-order valence-corrected chi connectivity index (χ1v) is 7.74. The van der Waals surface area contributed by atoms with Crippen molar-refractivity contribution >= 4 is 27.3 Å². The lowest BCUT2D eigenvalue weighted by atomic mass is 10.1. The molecule has 1 atom stereocenters. The lowest BCUT2D eigenvalue weighted by molar-refractivity contribution is -0.0498. The molecule has 1 N–H and O–H groups in total. The van der Waals surface area contributed by atoms with Crippen LogP contribution < -0.4 is 10.1 Å². The summed E-state index contributed by atoms with van der Waals surface area (Å²) in [7, 11) is 0. The van der Waals surface area contributed by atoms with Gasteiger partial charge in [-0.3, -0.25) is 0 Å². The molecular formula is C14H14BrF2NOS. The van der Waals surface area contributed by atoms with Crippen LogP contribution in [0.15, 0.2) is 40.2 Å². The minimum Gasteiger partial charge on any atom is -0.435 e. The van der Waals surface area contributed by atoms with Crippen LogP contribution in [0.5, 0.6) is 5.75 Å². The summed E-state index contributed by atoms with van der Waals surface area (Å²) in [4.78, 5) is 1.17. The molecule has 0 amide bonds. The SMILES string of the molecule is CCNC(c1ccc(OC(F)F)cc1)c1ccc(Br)s1. The second-order valence-corrected chi connectivity index (χ2v) is 6.57. The molecule has 108 valence electrons. The number of ether oxygens (including phenoxy) is 1. The van der Waals surface area contributed by atoms with Crippen molar-refractivity contribution in [3.8, 4) is 5.75 Å². The first-order chi connectivity index (χ1) is 9.60. The van der Waals surface area contributed by atoms with E-state index in [1.54, 1.807) is 35.6 Å². The molecule has 0 aliphatic carbocycles. The summed E-state index contributed by atoms with van der Waals surface area (Å²) in [5.74, 6) is 0.173. The van der Waals surface area contributed by atoms with Crippen molar-refractivity contribution in [1.29, 1.82) is 0 Å². The Kier molecular flexibility index (Phi) is 5.51. The highest BCUT2D eigenvalue weighted by molar-refractivity contribution is 9.11. The molecule has 6 heteroatoms. The normalized spacial score (nSPS) is 12.7. The Morgan fingerprint density at radius 2 is 1.90 bits per heavy atom. The van der Waals surface area contributed by atoms with Crippen LogP contribution in [-0.4, -0.2) is 13.2 Å². The summed E-state index contributed by atoms with van der Waals surface area (Å²) < 4.78 is 29.7. The van der Waals surface area contributed by atoms with Crippen LogP contribution in [-0.2, 0) is 0 Å². The van der Waals surface area contributed by atoms with E-state index in [-0.39, 0.29) is 11.8 Å². The van der Waals surface area contributed by atoms with Crippen LogP contribution in [0, 0.1) is 0 Å². The molecule has 2 rings (SSSR count). The first kappa shape index (κ1) is 15.4. The molecule has 2 aromatic rings. The minimum absolute atomic E-state index is 0.0527. The van der Waals surface area contributed by atoms with E-state index in [4.69, 9.17) is 0 Å². The standard InChI is InChI=1S/C14H14BrF2NOS/c1-2-18-13(11-7-8-12(15)20-11)9-3-5-10(6-4-9)19-14(16)17/h3-8,13-14,18H,2H2,1H3. The van der Waals surface area contributed by atoms with Gasteiger partial charge in [0, 0.05) is 4.88 Å². The summed E-state index contributed by atoms with van der Waals surface area (Å²) in [5, 5.41) is 3.39. The molecular weight excluding hydrogens is 348 g/mol. The second-order valence-electron chi connectivity index (χ2n) is 4.08. The maximum absolute atomic E-state index is 12.1. The van der Waals surface area contributed by atoms with Crippen LogP contribution in [0.2, 0.25) is 0 Å². The van der Waals surface area contributed by atoms with Crippen molar-refractivity contribution in [3.63, 3.8) is 0 Å². The fourth-order valence-electron chi connectivity index (χ4n) is 1.91. The lowest BCUT2D eigenvalue weighted by Gasteiger charge is -2.17. The fraction of sp³-hybridized carbons (Fsp3) is 0.286. The fourth-order valence-corrected chi connectivity index (χ4v) is 3.44. The van der Waals surface area contributed by atoms with Crippen LogP contribution in [0.1, 0.15) is 23.4 Å². The quantitative estimate of drug-likeness (QED) is 0.796. The minimum atomic E-state index is -2.79. The third kappa shape index (κ3) is 4.01. The van der Waals surface area contributed by atoms with Gasteiger partial charge in [0.2, 0.25) is 0 Å². The molecule has 0 radical (unpaired) electrons.